The van der Waals surface area contributed by atoms with E-state index in [4.69, 9.17) is 0 Å². The van der Waals surface area contributed by atoms with Crippen LogP contribution < -0.4 is 4.90 Å². The molecule has 0 bridgehead atoms. The lowest BCUT2D eigenvalue weighted by Crippen LogP contribution is -2.28. The van der Waals surface area contributed by atoms with E-state index in [9.17, 15) is 4.79 Å². The molecular weight excluding hydrogens is 274 g/mol. The van der Waals surface area contributed by atoms with Crippen molar-refractivity contribution >= 4 is 17.2 Å². The van der Waals surface area contributed by atoms with Gasteiger partial charge in [-0.1, -0.05) is 31.2 Å². The molecule has 0 aliphatic heterocycles. The zero-order valence-corrected chi connectivity index (χ0v) is 13.1. The molecule has 2 aromatic heterocycles. The number of anilines is 1. The van der Waals surface area contributed by atoms with Gasteiger partial charge >= 0.3 is 0 Å². The Morgan fingerprint density at radius 3 is 2.59 bits per heavy atom. The number of fused-ring (bicyclic) bond motifs is 1. The van der Waals surface area contributed by atoms with Crippen molar-refractivity contribution in [1.29, 1.82) is 0 Å². The molecule has 0 unspecified atom stereocenters. The van der Waals surface area contributed by atoms with Gasteiger partial charge in [-0.15, -0.1) is 0 Å². The maximum atomic E-state index is 13.0. The van der Waals surface area contributed by atoms with E-state index in [-0.39, 0.29) is 5.91 Å². The molecule has 2 heterocycles. The zero-order chi connectivity index (χ0) is 15.7. The summed E-state index contributed by atoms with van der Waals surface area (Å²) in [5.41, 5.74) is 4.27. The molecule has 0 fully saturated rings. The van der Waals surface area contributed by atoms with Gasteiger partial charge < -0.3 is 4.90 Å². The summed E-state index contributed by atoms with van der Waals surface area (Å²) in [6, 6.07) is 13.6. The predicted octanol–water partition coefficient (Wildman–Crippen LogP) is 3.48. The number of nitrogens with zero attached hydrogens (tertiary/aromatic N) is 3. The Bertz CT molecular complexity index is 821. The highest BCUT2D eigenvalue weighted by Crippen LogP contribution is 2.20. The van der Waals surface area contributed by atoms with Crippen molar-refractivity contribution < 1.29 is 4.79 Å². The van der Waals surface area contributed by atoms with E-state index in [2.05, 4.69) is 4.98 Å². The standard InChI is InChI=1S/C18H19N3O/c1-4-15-16(21-12-8-9-13(2)17(21)19-15)18(22)20(3)14-10-6-5-7-11-14/h5-12H,4H2,1-3H3. The molecule has 4 nitrogen and oxygen atoms in total. The van der Waals surface area contributed by atoms with Crippen molar-refractivity contribution in [1.82, 2.24) is 9.38 Å². The number of aromatic nitrogens is 2. The summed E-state index contributed by atoms with van der Waals surface area (Å²) < 4.78 is 1.90. The van der Waals surface area contributed by atoms with Crippen molar-refractivity contribution in [2.24, 2.45) is 0 Å². The number of rotatable bonds is 3. The second-order valence-electron chi connectivity index (χ2n) is 5.35. The second-order valence-corrected chi connectivity index (χ2v) is 5.35. The van der Waals surface area contributed by atoms with Crippen LogP contribution in [-0.2, 0) is 6.42 Å². The van der Waals surface area contributed by atoms with Gasteiger partial charge in [-0.3, -0.25) is 9.20 Å². The SMILES string of the molecule is CCc1nc2c(C)cccn2c1C(=O)N(C)c1ccccc1. The molecule has 4 heteroatoms. The molecule has 0 saturated heterocycles. The van der Waals surface area contributed by atoms with Gasteiger partial charge in [0.1, 0.15) is 11.3 Å². The van der Waals surface area contributed by atoms with Crippen LogP contribution in [0.25, 0.3) is 5.65 Å². The summed E-state index contributed by atoms with van der Waals surface area (Å²) in [7, 11) is 1.80. The first-order valence-electron chi connectivity index (χ1n) is 7.43. The molecule has 112 valence electrons. The molecular formula is C18H19N3O. The zero-order valence-electron chi connectivity index (χ0n) is 13.1. The Labute approximate surface area is 130 Å². The van der Waals surface area contributed by atoms with Gasteiger partial charge in [-0.05, 0) is 37.1 Å². The number of carbonyl (C=O) groups excluding carboxylic acids is 1. The van der Waals surface area contributed by atoms with Crippen molar-refractivity contribution in [2.45, 2.75) is 20.3 Å². The Kier molecular flexibility index (Phi) is 3.67. The fraction of sp³-hybridized carbons (Fsp3) is 0.222. The summed E-state index contributed by atoms with van der Waals surface area (Å²) in [4.78, 5) is 19.3. The highest BCUT2D eigenvalue weighted by molar-refractivity contribution is 6.06. The van der Waals surface area contributed by atoms with Crippen molar-refractivity contribution in [2.75, 3.05) is 11.9 Å². The third-order valence-electron chi connectivity index (χ3n) is 3.90. The molecule has 0 aliphatic rings. The topological polar surface area (TPSA) is 37.6 Å². The number of pyridine rings is 1. The van der Waals surface area contributed by atoms with E-state index in [1.165, 1.54) is 0 Å². The van der Waals surface area contributed by atoms with Crippen molar-refractivity contribution in [3.63, 3.8) is 0 Å². The van der Waals surface area contributed by atoms with E-state index < -0.39 is 0 Å². The normalized spacial score (nSPS) is 10.9. The van der Waals surface area contributed by atoms with Crippen LogP contribution in [0.1, 0.15) is 28.7 Å². The van der Waals surface area contributed by atoms with Crippen LogP contribution in [-0.4, -0.2) is 22.3 Å². The molecule has 1 amide bonds. The molecule has 0 N–H and O–H groups in total. The Morgan fingerprint density at radius 1 is 1.18 bits per heavy atom. The minimum atomic E-state index is -0.0406. The van der Waals surface area contributed by atoms with Crippen LogP contribution in [0.3, 0.4) is 0 Å². The summed E-state index contributed by atoms with van der Waals surface area (Å²) in [5.74, 6) is -0.0406. The molecule has 3 aromatic rings. The number of hydrogen-bond donors (Lipinski definition) is 0. The largest absolute Gasteiger partial charge is 0.310 e. The first-order valence-corrected chi connectivity index (χ1v) is 7.43. The lowest BCUT2D eigenvalue weighted by atomic mass is 10.2. The van der Waals surface area contributed by atoms with Gasteiger partial charge in [-0.25, -0.2) is 4.98 Å². The van der Waals surface area contributed by atoms with Gasteiger partial charge in [0.2, 0.25) is 0 Å². The number of para-hydroxylation sites is 1. The monoisotopic (exact) mass is 293 g/mol. The van der Waals surface area contributed by atoms with Gasteiger partial charge in [-0.2, -0.15) is 0 Å². The van der Waals surface area contributed by atoms with Crippen molar-refractivity contribution in [3.8, 4) is 0 Å². The van der Waals surface area contributed by atoms with Crippen LogP contribution in [0, 0.1) is 6.92 Å². The van der Waals surface area contributed by atoms with Crippen LogP contribution in [0.4, 0.5) is 5.69 Å². The molecule has 3 rings (SSSR count). The quantitative estimate of drug-likeness (QED) is 0.741. The van der Waals surface area contributed by atoms with Gasteiger partial charge in [0.05, 0.1) is 5.69 Å². The van der Waals surface area contributed by atoms with E-state index in [1.54, 1.807) is 11.9 Å². The molecule has 22 heavy (non-hydrogen) atoms. The number of carbonyl (C=O) groups is 1. The highest BCUT2D eigenvalue weighted by atomic mass is 16.2. The fourth-order valence-corrected chi connectivity index (χ4v) is 2.65. The van der Waals surface area contributed by atoms with E-state index in [1.807, 2.05) is 66.9 Å². The molecule has 0 aliphatic carbocycles. The minimum Gasteiger partial charge on any atom is -0.310 e. The van der Waals surface area contributed by atoms with Gasteiger partial charge in [0.25, 0.3) is 5.91 Å². The smallest absolute Gasteiger partial charge is 0.276 e. The van der Waals surface area contributed by atoms with E-state index in [0.717, 1.165) is 29.0 Å². The third kappa shape index (κ3) is 2.26. The second kappa shape index (κ2) is 5.64. The van der Waals surface area contributed by atoms with Crippen LogP contribution in [0.2, 0.25) is 0 Å². The van der Waals surface area contributed by atoms with Gasteiger partial charge in [0, 0.05) is 18.9 Å². The summed E-state index contributed by atoms with van der Waals surface area (Å²) >= 11 is 0. The first kappa shape index (κ1) is 14.3. The average molecular weight is 293 g/mol. The highest BCUT2D eigenvalue weighted by Gasteiger charge is 2.22. The number of hydrogen-bond acceptors (Lipinski definition) is 2. The Morgan fingerprint density at radius 2 is 1.91 bits per heavy atom. The van der Waals surface area contributed by atoms with Crippen molar-refractivity contribution in [3.05, 3.63) is 65.6 Å². The number of aryl methyl sites for hydroxylation is 2. The van der Waals surface area contributed by atoms with Crippen LogP contribution in [0.15, 0.2) is 48.7 Å². The summed E-state index contributed by atoms with van der Waals surface area (Å²) in [5, 5.41) is 0. The lowest BCUT2D eigenvalue weighted by Gasteiger charge is -2.17. The van der Waals surface area contributed by atoms with Gasteiger partial charge in [0.15, 0.2) is 0 Å². The molecule has 0 radical (unpaired) electrons. The lowest BCUT2D eigenvalue weighted by molar-refractivity contribution is 0.0986. The minimum absolute atomic E-state index is 0.0406. The fourth-order valence-electron chi connectivity index (χ4n) is 2.65. The molecule has 1 aromatic carbocycles. The maximum Gasteiger partial charge on any atom is 0.276 e. The molecule has 0 atom stereocenters. The third-order valence-corrected chi connectivity index (χ3v) is 3.90. The number of imidazole rings is 1. The molecule has 0 spiro atoms. The van der Waals surface area contributed by atoms with Crippen LogP contribution >= 0.6 is 0 Å². The van der Waals surface area contributed by atoms with E-state index >= 15 is 0 Å². The molecule has 0 saturated carbocycles. The summed E-state index contributed by atoms with van der Waals surface area (Å²) in [6.45, 7) is 4.04. The average Bonchev–Trinajstić information content (AvgIpc) is 2.94. The Hall–Kier alpha value is -2.62. The van der Waals surface area contributed by atoms with Crippen LogP contribution in [0.5, 0.6) is 0 Å². The summed E-state index contributed by atoms with van der Waals surface area (Å²) in [6.07, 6.45) is 2.63. The first-order chi connectivity index (χ1) is 10.6. The maximum absolute atomic E-state index is 13.0. The predicted molar refractivity (Wildman–Crippen MR) is 88.5 cm³/mol. The number of benzene rings is 1. The Balaban J connectivity index is 2.13. The van der Waals surface area contributed by atoms with E-state index in [0.29, 0.717) is 5.69 Å². The number of amides is 1.